The number of ether oxygens (including phenoxy) is 1. The summed E-state index contributed by atoms with van der Waals surface area (Å²) < 4.78 is 7.61. The summed E-state index contributed by atoms with van der Waals surface area (Å²) in [6, 6.07) is 12.4. The van der Waals surface area contributed by atoms with E-state index in [1.54, 1.807) is 24.3 Å². The third-order valence-corrected chi connectivity index (χ3v) is 4.57. The summed E-state index contributed by atoms with van der Waals surface area (Å²) in [6.45, 7) is 6.94. The molecule has 1 N–H and O–H groups in total. The molecular formula is C20H20IN3O3. The molecule has 0 spiro atoms. The molecule has 0 aliphatic heterocycles. The fourth-order valence-corrected chi connectivity index (χ4v) is 3.09. The molecule has 27 heavy (non-hydrogen) atoms. The van der Waals surface area contributed by atoms with Gasteiger partial charge in [-0.3, -0.25) is 4.79 Å². The number of hydrogen-bond donors (Lipinski definition) is 1. The van der Waals surface area contributed by atoms with E-state index in [1.807, 2.05) is 18.2 Å². The van der Waals surface area contributed by atoms with Crippen molar-refractivity contribution >= 4 is 39.7 Å². The standard InChI is InChI=1S/C20H20IN3O3/c1-20(2,3)12-27-17-9-8-13(10-15(17)21)11-22-24-18(25)14-6-4-5-7-16(14)23-19(24)26/h4-11H,12H2,1-3H3,(H,23,26). The number of nitrogens with one attached hydrogen (secondary N) is 1. The largest absolute Gasteiger partial charge is 0.492 e. The van der Waals surface area contributed by atoms with Crippen molar-refractivity contribution in [2.75, 3.05) is 6.61 Å². The molecule has 0 aliphatic carbocycles. The van der Waals surface area contributed by atoms with E-state index in [-0.39, 0.29) is 5.41 Å². The predicted molar refractivity (Wildman–Crippen MR) is 116 cm³/mol. The maximum Gasteiger partial charge on any atom is 0.349 e. The van der Waals surface area contributed by atoms with E-state index in [4.69, 9.17) is 4.74 Å². The Hall–Kier alpha value is -2.42. The summed E-state index contributed by atoms with van der Waals surface area (Å²) in [5, 5.41) is 4.48. The summed E-state index contributed by atoms with van der Waals surface area (Å²) in [5.41, 5.74) is 0.303. The average Bonchev–Trinajstić information content (AvgIpc) is 2.60. The first-order chi connectivity index (χ1) is 12.7. The van der Waals surface area contributed by atoms with Gasteiger partial charge in [0.15, 0.2) is 0 Å². The molecule has 3 rings (SSSR count). The second kappa shape index (κ2) is 7.67. The van der Waals surface area contributed by atoms with Crippen LogP contribution in [0.25, 0.3) is 10.9 Å². The lowest BCUT2D eigenvalue weighted by Gasteiger charge is -2.19. The Kier molecular flexibility index (Phi) is 5.50. The van der Waals surface area contributed by atoms with E-state index in [2.05, 4.69) is 53.4 Å². The maximum atomic E-state index is 12.5. The number of nitrogens with zero attached hydrogens (tertiary/aromatic N) is 2. The molecule has 1 heterocycles. The van der Waals surface area contributed by atoms with Crippen LogP contribution in [0.3, 0.4) is 0 Å². The molecule has 140 valence electrons. The first-order valence-electron chi connectivity index (χ1n) is 8.45. The molecule has 0 amide bonds. The highest BCUT2D eigenvalue weighted by atomic mass is 127. The van der Waals surface area contributed by atoms with Crippen LogP contribution in [0.15, 0.2) is 57.2 Å². The normalized spacial score (nSPS) is 12.0. The summed E-state index contributed by atoms with van der Waals surface area (Å²) in [4.78, 5) is 27.3. The van der Waals surface area contributed by atoms with Gasteiger partial charge < -0.3 is 9.72 Å². The molecular weight excluding hydrogens is 457 g/mol. The van der Waals surface area contributed by atoms with Gasteiger partial charge in [-0.05, 0) is 63.9 Å². The number of aromatic nitrogens is 2. The highest BCUT2D eigenvalue weighted by Crippen LogP contribution is 2.24. The van der Waals surface area contributed by atoms with Gasteiger partial charge in [-0.1, -0.05) is 32.9 Å². The van der Waals surface area contributed by atoms with Gasteiger partial charge in [0.05, 0.1) is 27.3 Å². The van der Waals surface area contributed by atoms with Crippen LogP contribution in [0.2, 0.25) is 0 Å². The maximum absolute atomic E-state index is 12.5. The Labute approximate surface area is 170 Å². The van der Waals surface area contributed by atoms with Gasteiger partial charge in [-0.15, -0.1) is 4.68 Å². The lowest BCUT2D eigenvalue weighted by Crippen LogP contribution is -2.32. The first kappa shape index (κ1) is 19.3. The fraction of sp³-hybridized carbons (Fsp3) is 0.250. The number of para-hydroxylation sites is 1. The molecule has 0 atom stereocenters. The number of H-pyrrole nitrogens is 1. The lowest BCUT2D eigenvalue weighted by molar-refractivity contribution is 0.196. The minimum absolute atomic E-state index is 0.0709. The number of aromatic amines is 1. The zero-order valence-corrected chi connectivity index (χ0v) is 17.5. The van der Waals surface area contributed by atoms with E-state index >= 15 is 0 Å². The molecule has 0 aliphatic rings. The summed E-state index contributed by atoms with van der Waals surface area (Å²) in [5.74, 6) is 0.795. The Bertz CT molecular complexity index is 1120. The van der Waals surface area contributed by atoms with Crippen LogP contribution in [0.1, 0.15) is 26.3 Å². The molecule has 0 bridgehead atoms. The van der Waals surface area contributed by atoms with Crippen LogP contribution in [0.5, 0.6) is 5.75 Å². The van der Waals surface area contributed by atoms with Crippen LogP contribution in [0, 0.1) is 8.99 Å². The van der Waals surface area contributed by atoms with Gasteiger partial charge in [-0.2, -0.15) is 5.10 Å². The molecule has 2 aromatic carbocycles. The number of hydrogen-bond acceptors (Lipinski definition) is 4. The Morgan fingerprint density at radius 3 is 2.63 bits per heavy atom. The number of fused-ring (bicyclic) bond motifs is 1. The third kappa shape index (κ3) is 4.65. The molecule has 0 unspecified atom stereocenters. The first-order valence-corrected chi connectivity index (χ1v) is 9.53. The molecule has 0 fully saturated rings. The molecule has 1 aromatic heterocycles. The molecule has 0 saturated carbocycles. The van der Waals surface area contributed by atoms with Gasteiger partial charge in [0, 0.05) is 0 Å². The van der Waals surface area contributed by atoms with Crippen molar-refractivity contribution in [3.8, 4) is 5.75 Å². The third-order valence-electron chi connectivity index (χ3n) is 3.72. The lowest BCUT2D eigenvalue weighted by atomic mass is 9.99. The number of rotatable bonds is 4. The molecule has 0 radical (unpaired) electrons. The summed E-state index contributed by atoms with van der Waals surface area (Å²) in [7, 11) is 0. The van der Waals surface area contributed by atoms with Crippen molar-refractivity contribution < 1.29 is 4.74 Å². The molecule has 7 heteroatoms. The van der Waals surface area contributed by atoms with Crippen molar-refractivity contribution in [2.45, 2.75) is 20.8 Å². The van der Waals surface area contributed by atoms with Crippen LogP contribution in [-0.2, 0) is 0 Å². The van der Waals surface area contributed by atoms with E-state index in [0.29, 0.717) is 17.5 Å². The van der Waals surface area contributed by atoms with Gasteiger partial charge in [-0.25, -0.2) is 4.79 Å². The second-order valence-corrected chi connectivity index (χ2v) is 8.54. The fourth-order valence-electron chi connectivity index (χ4n) is 2.39. The Morgan fingerprint density at radius 1 is 1.19 bits per heavy atom. The van der Waals surface area contributed by atoms with Crippen molar-refractivity contribution in [3.05, 3.63) is 72.4 Å². The Morgan fingerprint density at radius 2 is 1.93 bits per heavy atom. The highest BCUT2D eigenvalue weighted by Gasteiger charge is 2.12. The molecule has 6 nitrogen and oxygen atoms in total. The van der Waals surface area contributed by atoms with Gasteiger partial charge in [0.25, 0.3) is 5.56 Å². The monoisotopic (exact) mass is 477 g/mol. The van der Waals surface area contributed by atoms with Gasteiger partial charge >= 0.3 is 5.69 Å². The van der Waals surface area contributed by atoms with Crippen molar-refractivity contribution in [2.24, 2.45) is 10.5 Å². The minimum atomic E-state index is -0.574. The van der Waals surface area contributed by atoms with Crippen molar-refractivity contribution in [3.63, 3.8) is 0 Å². The zero-order chi connectivity index (χ0) is 19.6. The van der Waals surface area contributed by atoms with Gasteiger partial charge in [0.1, 0.15) is 5.75 Å². The average molecular weight is 477 g/mol. The quantitative estimate of drug-likeness (QED) is 0.461. The van der Waals surface area contributed by atoms with Crippen molar-refractivity contribution in [1.29, 1.82) is 0 Å². The number of benzene rings is 2. The van der Waals surface area contributed by atoms with Crippen LogP contribution in [-0.4, -0.2) is 22.5 Å². The molecule has 3 aromatic rings. The van der Waals surface area contributed by atoms with Crippen LogP contribution < -0.4 is 16.0 Å². The van der Waals surface area contributed by atoms with E-state index in [9.17, 15) is 9.59 Å². The minimum Gasteiger partial charge on any atom is -0.492 e. The Balaban J connectivity index is 1.89. The zero-order valence-electron chi connectivity index (χ0n) is 15.3. The van der Waals surface area contributed by atoms with Gasteiger partial charge in [0.2, 0.25) is 0 Å². The molecule has 0 saturated heterocycles. The number of halogens is 1. The summed E-state index contributed by atoms with van der Waals surface area (Å²) in [6.07, 6.45) is 1.49. The second-order valence-electron chi connectivity index (χ2n) is 7.38. The van der Waals surface area contributed by atoms with E-state index < -0.39 is 11.2 Å². The van der Waals surface area contributed by atoms with E-state index in [0.717, 1.165) is 19.6 Å². The van der Waals surface area contributed by atoms with Crippen LogP contribution >= 0.6 is 22.6 Å². The predicted octanol–water partition coefficient (Wildman–Crippen LogP) is 3.60. The topological polar surface area (TPSA) is 76.5 Å². The summed E-state index contributed by atoms with van der Waals surface area (Å²) >= 11 is 2.19. The highest BCUT2D eigenvalue weighted by molar-refractivity contribution is 14.1. The van der Waals surface area contributed by atoms with E-state index in [1.165, 1.54) is 6.21 Å². The van der Waals surface area contributed by atoms with Crippen LogP contribution in [0.4, 0.5) is 0 Å². The SMILES string of the molecule is CC(C)(C)COc1ccc(C=Nn2c(=O)[nH]c3ccccc3c2=O)cc1I. The smallest absolute Gasteiger partial charge is 0.349 e. The van der Waals surface area contributed by atoms with Crippen molar-refractivity contribution in [1.82, 2.24) is 9.66 Å².